The van der Waals surface area contributed by atoms with E-state index in [-0.39, 0.29) is 44.8 Å². The van der Waals surface area contributed by atoms with Crippen LogP contribution in [0.1, 0.15) is 11.1 Å². The minimum atomic E-state index is -1.38. The first-order chi connectivity index (χ1) is 38.0. The fourth-order valence-corrected chi connectivity index (χ4v) is 17.3. The van der Waals surface area contributed by atoms with Gasteiger partial charge in [0.15, 0.2) is 0 Å². The van der Waals surface area contributed by atoms with Gasteiger partial charge in [0.2, 0.25) is 0 Å². The zero-order valence-corrected chi connectivity index (χ0v) is 49.8. The summed E-state index contributed by atoms with van der Waals surface area (Å²) < 4.78 is 6.78. The normalized spacial score (nSPS) is 10.9. The van der Waals surface area contributed by atoms with Crippen LogP contribution >= 0.6 is 15.8 Å². The Balaban J connectivity index is 0.000000168. The first-order valence-electron chi connectivity index (χ1n) is 25.9. The molecule has 7 heteroatoms. The molecule has 386 valence electrons. The third-order valence-electron chi connectivity index (χ3n) is 14.8. The van der Waals surface area contributed by atoms with Crippen LogP contribution in [0.2, 0.25) is 0 Å². The molecule has 0 fully saturated rings. The molecule has 0 atom stereocenters. The van der Waals surface area contributed by atoms with Gasteiger partial charge in [0.1, 0.15) is 47.7 Å². The molecule has 0 amide bonds. The van der Waals surface area contributed by atoms with E-state index < -0.39 is 15.8 Å². The van der Waals surface area contributed by atoms with Crippen LogP contribution in [0.3, 0.4) is 0 Å². The Morgan fingerprint density at radius 1 is 0.304 bits per heavy atom. The van der Waals surface area contributed by atoms with Crippen molar-refractivity contribution in [2.24, 2.45) is 14.1 Å². The summed E-state index contributed by atoms with van der Waals surface area (Å²) in [5.41, 5.74) is 10.1. The number of nitrogens with zero attached hydrogens (tertiary/aromatic N) is 3. The van der Waals surface area contributed by atoms with Crippen molar-refractivity contribution in [3.8, 4) is 17.5 Å². The van der Waals surface area contributed by atoms with Crippen LogP contribution in [-0.2, 0) is 58.9 Å². The summed E-state index contributed by atoms with van der Waals surface area (Å²) in [5.74, 6) is 5.02. The van der Waals surface area contributed by atoms with Gasteiger partial charge in [-0.15, -0.1) is 23.3 Å². The first kappa shape index (κ1) is 54.6. The van der Waals surface area contributed by atoms with Gasteiger partial charge in [-0.2, -0.15) is 0 Å². The Kier molecular flexibility index (Phi) is 17.0. The van der Waals surface area contributed by atoms with Gasteiger partial charge in [-0.3, -0.25) is 11.8 Å². The van der Waals surface area contributed by atoms with E-state index >= 15 is 0 Å². The summed E-state index contributed by atoms with van der Waals surface area (Å²) >= 11 is 0. The number of fused-ring (bicyclic) bond motifs is 9. The van der Waals surface area contributed by atoms with Crippen LogP contribution in [0.5, 0.6) is 0 Å². The molecule has 0 aliphatic carbocycles. The molecular formula is C72H53Au2N3P2+2. The molecule has 0 saturated heterocycles. The predicted molar refractivity (Wildman–Crippen MR) is 334 cm³/mol. The molecule has 14 aromatic rings. The van der Waals surface area contributed by atoms with Gasteiger partial charge in [0, 0.05) is 58.7 Å². The fourth-order valence-electron chi connectivity index (χ4n) is 11.3. The van der Waals surface area contributed by atoms with Crippen molar-refractivity contribution in [3.05, 3.63) is 297 Å². The van der Waals surface area contributed by atoms with Crippen molar-refractivity contribution in [1.29, 1.82) is 0 Å². The van der Waals surface area contributed by atoms with E-state index in [4.69, 9.17) is 12.8 Å². The van der Waals surface area contributed by atoms with Crippen LogP contribution in [0.15, 0.2) is 273 Å². The minimum Gasteiger partial charge on any atom is -0.366 e. The summed E-state index contributed by atoms with van der Waals surface area (Å²) in [5, 5.41) is 15.8. The van der Waals surface area contributed by atoms with Crippen LogP contribution in [0.25, 0.3) is 71.1 Å². The maximum Gasteiger partial charge on any atom is 1.00 e. The molecule has 3 nitrogen and oxygen atoms in total. The number of para-hydroxylation sites is 4. The molecule has 0 saturated carbocycles. The number of benzene rings is 11. The van der Waals surface area contributed by atoms with Crippen LogP contribution in [-0.4, -0.2) is 13.7 Å². The third kappa shape index (κ3) is 10.4. The number of rotatable bonds is 7. The zero-order chi connectivity index (χ0) is 52.2. The molecule has 11 aromatic carbocycles. The number of hydrogen-bond donors (Lipinski definition) is 0. The number of aromatic nitrogens is 3. The molecule has 0 bridgehead atoms. The fraction of sp³-hybridized carbons (Fsp3) is 0.0278. The van der Waals surface area contributed by atoms with Crippen LogP contribution < -0.4 is 31.8 Å². The largest absolute Gasteiger partial charge is 1.00 e. The standard InChI is InChI=1S/C42H31NP2.2C15H10N.2Au/c1-6-18-32(19-7-1)43-39-29-17-16-28-37(39)38-30-41(44(33-20-8-2-9-21-33)34-22-10-3-11-23-34)42(31-40(38)43)45(35-24-12-4-13-25-35)36-26-14-5-15-27-36;2*1-3-11-7-6-10-14-15(11)12-8-4-5-9-13(12)16(14)2;;/h1-31H;2*4-10H,2H3;;/q;2*-1;2*+1/p+2. The second-order valence-electron chi connectivity index (χ2n) is 19.1. The van der Waals surface area contributed by atoms with E-state index in [1.807, 2.05) is 48.5 Å². The molecule has 0 unspecified atom stereocenters. The Bertz CT molecular complexity index is 4290. The van der Waals surface area contributed by atoms with Crippen molar-refractivity contribution in [2.45, 2.75) is 0 Å². The summed E-state index contributed by atoms with van der Waals surface area (Å²) in [4.78, 5) is 0. The molecule has 14 rings (SSSR count). The Hall–Kier alpha value is -7.72. The van der Waals surface area contributed by atoms with Crippen molar-refractivity contribution in [3.63, 3.8) is 0 Å². The molecule has 0 aliphatic rings. The van der Waals surface area contributed by atoms with Gasteiger partial charge in [-0.1, -0.05) is 168 Å². The average Bonchev–Trinajstić information content (AvgIpc) is 4.12. The maximum atomic E-state index is 7.35. The second kappa shape index (κ2) is 24.5. The van der Waals surface area contributed by atoms with Gasteiger partial charge >= 0.3 is 44.8 Å². The average molecular weight is 1420 g/mol. The smallest absolute Gasteiger partial charge is 0.366 e. The van der Waals surface area contributed by atoms with Gasteiger partial charge in [-0.05, 0) is 108 Å². The Morgan fingerprint density at radius 2 is 0.633 bits per heavy atom. The summed E-state index contributed by atoms with van der Waals surface area (Å²) in [6.07, 6.45) is 14.7. The topological polar surface area (TPSA) is 14.8 Å². The molecule has 0 aliphatic heterocycles. The van der Waals surface area contributed by atoms with Gasteiger partial charge < -0.3 is 26.5 Å². The van der Waals surface area contributed by atoms with Crippen molar-refractivity contribution < 1.29 is 44.8 Å². The summed E-state index contributed by atoms with van der Waals surface area (Å²) in [6, 6.07) is 98.1. The van der Waals surface area contributed by atoms with E-state index in [1.54, 1.807) is 0 Å². The van der Waals surface area contributed by atoms with Crippen LogP contribution in [0, 0.1) is 24.7 Å². The Labute approximate surface area is 496 Å². The molecule has 3 aromatic heterocycles. The van der Waals surface area contributed by atoms with Gasteiger partial charge in [0.05, 0.1) is 11.0 Å². The minimum absolute atomic E-state index is 0. The van der Waals surface area contributed by atoms with Crippen LogP contribution in [0.4, 0.5) is 0 Å². The van der Waals surface area contributed by atoms with Gasteiger partial charge in [-0.25, -0.2) is 0 Å². The summed E-state index contributed by atoms with van der Waals surface area (Å²) in [6.45, 7) is 0. The first-order valence-corrected chi connectivity index (χ1v) is 28.9. The monoisotopic (exact) mass is 1420 g/mol. The number of hydrogen-bond acceptors (Lipinski definition) is 0. The predicted octanol–water partition coefficient (Wildman–Crippen LogP) is 14.3. The van der Waals surface area contributed by atoms with Crippen molar-refractivity contribution in [1.82, 2.24) is 13.7 Å². The summed E-state index contributed by atoms with van der Waals surface area (Å²) in [7, 11) is 1.37. The second-order valence-corrected chi connectivity index (χ2v) is 24.0. The van der Waals surface area contributed by atoms with E-state index in [2.05, 4.69) is 264 Å². The van der Waals surface area contributed by atoms with Gasteiger partial charge in [0.25, 0.3) is 0 Å². The van der Waals surface area contributed by atoms with Crippen molar-refractivity contribution >= 4 is 113 Å². The van der Waals surface area contributed by atoms with Crippen molar-refractivity contribution in [2.75, 3.05) is 0 Å². The SMILES string of the molecule is [Au+].[Au+].[C-]#Cc1cccc2c1c1ccccc1n2C.[C-]#Cc1cccc2c1c1ccccc1n2C.c1ccc(-n2c3ccccc3c3cc([PH+](c4ccccc4)c4ccccc4)c([PH+](c4ccccc4)c4ccccc4)cc32)cc1. The maximum absolute atomic E-state index is 7.35. The van der Waals surface area contributed by atoms with E-state index in [0.717, 1.165) is 32.9 Å². The molecule has 79 heavy (non-hydrogen) atoms. The number of aryl methyl sites for hydroxylation is 2. The molecule has 0 N–H and O–H groups in total. The molecule has 0 spiro atoms. The quantitative estimate of drug-likeness (QED) is 0.0654. The molecule has 3 heterocycles. The van der Waals surface area contributed by atoms with E-state index in [0.29, 0.717) is 0 Å². The molecular weight excluding hydrogens is 1360 g/mol. The van der Waals surface area contributed by atoms with E-state index in [9.17, 15) is 0 Å². The molecule has 0 radical (unpaired) electrons. The zero-order valence-electron chi connectivity index (χ0n) is 43.4. The third-order valence-corrected chi connectivity index (χ3v) is 20.6. The Morgan fingerprint density at radius 3 is 1.04 bits per heavy atom. The van der Waals surface area contributed by atoms with E-state index in [1.165, 1.54) is 81.1 Å².